The lowest BCUT2D eigenvalue weighted by atomic mass is 10.2. The molecular weight excluding hydrogens is 252 g/mol. The van der Waals surface area contributed by atoms with Crippen molar-refractivity contribution in [3.8, 4) is 0 Å². The van der Waals surface area contributed by atoms with E-state index in [4.69, 9.17) is 5.73 Å². The Balaban J connectivity index is 2.94. The van der Waals surface area contributed by atoms with Crippen molar-refractivity contribution in [3.05, 3.63) is 23.8 Å². The minimum atomic E-state index is -3.47. The lowest BCUT2D eigenvalue weighted by Gasteiger charge is -2.12. The van der Waals surface area contributed by atoms with Crippen LogP contribution in [0.4, 0.5) is 5.69 Å². The first kappa shape index (κ1) is 14.5. The summed E-state index contributed by atoms with van der Waals surface area (Å²) in [7, 11) is -0.274. The highest BCUT2D eigenvalue weighted by atomic mass is 32.2. The molecule has 2 N–H and O–H groups in total. The highest BCUT2D eigenvalue weighted by molar-refractivity contribution is 7.91. The number of nitrogens with two attached hydrogens (primary N) is 1. The molecule has 1 amide bonds. The maximum Gasteiger partial charge on any atom is 0.223 e. The third kappa shape index (κ3) is 3.22. The molecule has 0 radical (unpaired) electrons. The molecule has 1 aromatic rings. The molecule has 0 heterocycles. The summed E-state index contributed by atoms with van der Waals surface area (Å²) in [5.74, 6) is -0.408. The van der Waals surface area contributed by atoms with Gasteiger partial charge in [-0.3, -0.25) is 4.79 Å². The molecule has 18 heavy (non-hydrogen) atoms. The number of rotatable bonds is 4. The predicted octanol–water partition coefficient (Wildman–Crippen LogP) is 0.829. The molecule has 0 aliphatic carbocycles. The van der Waals surface area contributed by atoms with Gasteiger partial charge in [-0.25, -0.2) is 8.42 Å². The second kappa shape index (κ2) is 5.39. The molecule has 0 spiro atoms. The molecule has 0 unspecified atom stereocenters. The molecule has 5 nitrogen and oxygen atoms in total. The molecule has 0 saturated heterocycles. The first-order valence-corrected chi connectivity index (χ1v) is 7.19. The van der Waals surface area contributed by atoms with Gasteiger partial charge < -0.3 is 10.6 Å². The Morgan fingerprint density at radius 1 is 1.33 bits per heavy atom. The highest BCUT2D eigenvalue weighted by Gasteiger charge is 2.19. The van der Waals surface area contributed by atoms with Crippen LogP contribution in [0.15, 0.2) is 23.1 Å². The third-order valence-electron chi connectivity index (χ3n) is 2.74. The SMILES string of the molecule is Cc1c(N)cccc1S(=O)(=O)CCC(=O)N(C)C. The highest BCUT2D eigenvalue weighted by Crippen LogP contribution is 2.22. The van der Waals surface area contributed by atoms with E-state index >= 15 is 0 Å². The van der Waals surface area contributed by atoms with E-state index in [0.29, 0.717) is 11.3 Å². The van der Waals surface area contributed by atoms with Gasteiger partial charge in [0.2, 0.25) is 5.91 Å². The molecule has 6 heteroatoms. The molecule has 0 aliphatic heterocycles. The zero-order valence-corrected chi connectivity index (χ0v) is 11.6. The van der Waals surface area contributed by atoms with Crippen molar-refractivity contribution < 1.29 is 13.2 Å². The Kier molecular flexibility index (Phi) is 4.34. The van der Waals surface area contributed by atoms with Gasteiger partial charge in [0.1, 0.15) is 0 Å². The normalized spacial score (nSPS) is 11.3. The molecule has 0 aliphatic rings. The second-order valence-electron chi connectivity index (χ2n) is 4.33. The van der Waals surface area contributed by atoms with Gasteiger partial charge in [0.25, 0.3) is 0 Å². The van der Waals surface area contributed by atoms with Crippen LogP contribution in [0.3, 0.4) is 0 Å². The van der Waals surface area contributed by atoms with Crippen molar-refractivity contribution in [2.75, 3.05) is 25.6 Å². The van der Waals surface area contributed by atoms with E-state index in [2.05, 4.69) is 0 Å². The summed E-state index contributed by atoms with van der Waals surface area (Å²) in [5.41, 5.74) is 6.66. The van der Waals surface area contributed by atoms with E-state index in [1.54, 1.807) is 33.2 Å². The van der Waals surface area contributed by atoms with Crippen LogP contribution < -0.4 is 5.73 Å². The maximum atomic E-state index is 12.1. The van der Waals surface area contributed by atoms with Gasteiger partial charge in [0, 0.05) is 26.2 Å². The number of carbonyl (C=O) groups is 1. The topological polar surface area (TPSA) is 80.5 Å². The van der Waals surface area contributed by atoms with Crippen LogP contribution in [0.25, 0.3) is 0 Å². The van der Waals surface area contributed by atoms with E-state index in [-0.39, 0.29) is 23.0 Å². The molecule has 100 valence electrons. The molecule has 1 rings (SSSR count). The third-order valence-corrected chi connectivity index (χ3v) is 4.60. The number of sulfone groups is 1. The fraction of sp³-hybridized carbons (Fsp3) is 0.417. The number of carbonyl (C=O) groups excluding carboxylic acids is 1. The van der Waals surface area contributed by atoms with Crippen LogP contribution >= 0.6 is 0 Å². The van der Waals surface area contributed by atoms with Gasteiger partial charge in [-0.05, 0) is 24.6 Å². The van der Waals surface area contributed by atoms with E-state index < -0.39 is 9.84 Å². The Morgan fingerprint density at radius 3 is 2.50 bits per heavy atom. The molecule has 1 aromatic carbocycles. The van der Waals surface area contributed by atoms with Crippen LogP contribution in [-0.2, 0) is 14.6 Å². The van der Waals surface area contributed by atoms with Gasteiger partial charge in [-0.2, -0.15) is 0 Å². The Bertz CT molecular complexity index is 550. The van der Waals surface area contributed by atoms with Gasteiger partial charge >= 0.3 is 0 Å². The van der Waals surface area contributed by atoms with Crippen molar-refractivity contribution >= 4 is 21.4 Å². The molecule has 0 saturated carbocycles. The van der Waals surface area contributed by atoms with Gasteiger partial charge in [0.05, 0.1) is 10.6 Å². The number of amides is 1. The lowest BCUT2D eigenvalue weighted by molar-refractivity contribution is -0.128. The Morgan fingerprint density at radius 2 is 1.94 bits per heavy atom. The summed E-state index contributed by atoms with van der Waals surface area (Å²) >= 11 is 0. The Hall–Kier alpha value is -1.56. The van der Waals surface area contributed by atoms with Crippen molar-refractivity contribution in [2.24, 2.45) is 0 Å². The molecule has 0 fully saturated rings. The van der Waals surface area contributed by atoms with E-state index in [1.807, 2.05) is 0 Å². The minimum absolute atomic E-state index is 0.0242. The van der Waals surface area contributed by atoms with Crippen molar-refractivity contribution in [2.45, 2.75) is 18.2 Å². The summed E-state index contributed by atoms with van der Waals surface area (Å²) in [5, 5.41) is 0. The zero-order valence-electron chi connectivity index (χ0n) is 10.8. The minimum Gasteiger partial charge on any atom is -0.398 e. The van der Waals surface area contributed by atoms with Crippen LogP contribution in [0.1, 0.15) is 12.0 Å². The lowest BCUT2D eigenvalue weighted by Crippen LogP contribution is -2.24. The number of nitrogen functional groups attached to an aromatic ring is 1. The second-order valence-corrected chi connectivity index (χ2v) is 6.40. The molecular formula is C12H18N2O3S. The summed E-state index contributed by atoms with van der Waals surface area (Å²) in [4.78, 5) is 13.0. The summed E-state index contributed by atoms with van der Waals surface area (Å²) in [6, 6.07) is 4.77. The summed E-state index contributed by atoms with van der Waals surface area (Å²) in [6.07, 6.45) is -0.0242. The smallest absolute Gasteiger partial charge is 0.223 e. The molecule has 0 atom stereocenters. The summed E-state index contributed by atoms with van der Waals surface area (Å²) in [6.45, 7) is 1.66. The van der Waals surface area contributed by atoms with Crippen LogP contribution in [0.5, 0.6) is 0 Å². The monoisotopic (exact) mass is 270 g/mol. The predicted molar refractivity (Wildman–Crippen MR) is 71.0 cm³/mol. The first-order chi connectivity index (χ1) is 8.25. The fourth-order valence-corrected chi connectivity index (χ4v) is 3.06. The number of hydrogen-bond acceptors (Lipinski definition) is 4. The van der Waals surface area contributed by atoms with Crippen molar-refractivity contribution in [1.29, 1.82) is 0 Å². The number of nitrogens with zero attached hydrogens (tertiary/aromatic N) is 1. The van der Waals surface area contributed by atoms with Crippen LogP contribution in [-0.4, -0.2) is 39.1 Å². The van der Waals surface area contributed by atoms with E-state index in [1.165, 1.54) is 11.0 Å². The molecule has 0 aromatic heterocycles. The fourth-order valence-electron chi connectivity index (χ4n) is 1.52. The van der Waals surface area contributed by atoms with Gasteiger partial charge in [-0.15, -0.1) is 0 Å². The quantitative estimate of drug-likeness (QED) is 0.822. The van der Waals surface area contributed by atoms with Gasteiger partial charge in [-0.1, -0.05) is 6.07 Å². The number of anilines is 1. The van der Waals surface area contributed by atoms with Crippen molar-refractivity contribution in [3.63, 3.8) is 0 Å². The van der Waals surface area contributed by atoms with Crippen molar-refractivity contribution in [1.82, 2.24) is 4.90 Å². The zero-order chi connectivity index (χ0) is 13.9. The average Bonchev–Trinajstić information content (AvgIpc) is 2.29. The van der Waals surface area contributed by atoms with E-state index in [0.717, 1.165) is 0 Å². The number of hydrogen-bond donors (Lipinski definition) is 1. The standard InChI is InChI=1S/C12H18N2O3S/c1-9-10(13)5-4-6-11(9)18(16,17)8-7-12(15)14(2)3/h4-6H,7-8,13H2,1-3H3. The number of benzene rings is 1. The largest absolute Gasteiger partial charge is 0.398 e. The molecule has 0 bridgehead atoms. The van der Waals surface area contributed by atoms with Gasteiger partial charge in [0.15, 0.2) is 9.84 Å². The van der Waals surface area contributed by atoms with Crippen LogP contribution in [0, 0.1) is 6.92 Å². The average molecular weight is 270 g/mol. The maximum absolute atomic E-state index is 12.1. The Labute approximate surface area is 108 Å². The van der Waals surface area contributed by atoms with E-state index in [9.17, 15) is 13.2 Å². The first-order valence-electron chi connectivity index (χ1n) is 5.53. The summed E-state index contributed by atoms with van der Waals surface area (Å²) < 4.78 is 24.2. The van der Waals surface area contributed by atoms with Crippen LogP contribution in [0.2, 0.25) is 0 Å².